The van der Waals surface area contributed by atoms with Crippen molar-refractivity contribution in [2.24, 2.45) is 0 Å². The van der Waals surface area contributed by atoms with Gasteiger partial charge in [0.15, 0.2) is 0 Å². The van der Waals surface area contributed by atoms with Crippen molar-refractivity contribution in [3.05, 3.63) is 36.2 Å². The SMILES string of the molecule is CC(C)Oc1cc(N2CCC[C@H](OCc3cccnc3)C2)nc(N)n1. The van der Waals surface area contributed by atoms with E-state index >= 15 is 0 Å². The van der Waals surface area contributed by atoms with E-state index in [0.717, 1.165) is 37.3 Å². The van der Waals surface area contributed by atoms with Crippen LogP contribution in [0.25, 0.3) is 0 Å². The summed E-state index contributed by atoms with van der Waals surface area (Å²) < 4.78 is 11.7. The van der Waals surface area contributed by atoms with Crippen LogP contribution in [0.3, 0.4) is 0 Å². The van der Waals surface area contributed by atoms with Gasteiger partial charge in [-0.05, 0) is 38.3 Å². The summed E-state index contributed by atoms with van der Waals surface area (Å²) in [5.41, 5.74) is 6.93. The van der Waals surface area contributed by atoms with E-state index in [1.54, 1.807) is 6.20 Å². The van der Waals surface area contributed by atoms with Crippen LogP contribution in [0.4, 0.5) is 11.8 Å². The summed E-state index contributed by atoms with van der Waals surface area (Å²) in [4.78, 5) is 14.8. The molecule has 2 aromatic heterocycles. The molecule has 1 atom stereocenters. The van der Waals surface area contributed by atoms with Crippen molar-refractivity contribution in [3.8, 4) is 5.88 Å². The fraction of sp³-hybridized carbons (Fsp3) is 0.500. The van der Waals surface area contributed by atoms with Crippen molar-refractivity contribution in [2.75, 3.05) is 23.7 Å². The first-order valence-electron chi connectivity index (χ1n) is 8.67. The average molecular weight is 343 g/mol. The summed E-state index contributed by atoms with van der Waals surface area (Å²) in [6, 6.07) is 5.79. The Kier molecular flexibility index (Phi) is 5.65. The van der Waals surface area contributed by atoms with Gasteiger partial charge < -0.3 is 20.1 Å². The Morgan fingerprint density at radius 1 is 1.36 bits per heavy atom. The van der Waals surface area contributed by atoms with Gasteiger partial charge in [0.2, 0.25) is 11.8 Å². The molecule has 0 amide bonds. The number of nitrogens with two attached hydrogens (primary N) is 1. The molecule has 2 aromatic rings. The maximum atomic E-state index is 6.06. The summed E-state index contributed by atoms with van der Waals surface area (Å²) in [6.07, 6.45) is 5.87. The number of pyridine rings is 1. The van der Waals surface area contributed by atoms with Gasteiger partial charge in [-0.3, -0.25) is 4.98 Å². The lowest BCUT2D eigenvalue weighted by molar-refractivity contribution is 0.0313. The smallest absolute Gasteiger partial charge is 0.225 e. The van der Waals surface area contributed by atoms with Crippen LogP contribution in [-0.2, 0) is 11.3 Å². The second kappa shape index (κ2) is 8.11. The van der Waals surface area contributed by atoms with Gasteiger partial charge in [0, 0.05) is 31.5 Å². The molecule has 0 spiro atoms. The third kappa shape index (κ3) is 5.03. The van der Waals surface area contributed by atoms with Gasteiger partial charge in [-0.25, -0.2) is 0 Å². The van der Waals surface area contributed by atoms with E-state index in [-0.39, 0.29) is 18.2 Å². The van der Waals surface area contributed by atoms with E-state index in [9.17, 15) is 0 Å². The van der Waals surface area contributed by atoms with Gasteiger partial charge in [0.25, 0.3) is 0 Å². The normalized spacial score (nSPS) is 17.7. The molecule has 7 nitrogen and oxygen atoms in total. The zero-order valence-electron chi connectivity index (χ0n) is 14.8. The highest BCUT2D eigenvalue weighted by atomic mass is 16.5. The minimum absolute atomic E-state index is 0.0408. The number of nitrogen functional groups attached to an aromatic ring is 1. The maximum absolute atomic E-state index is 6.06. The second-order valence-corrected chi connectivity index (χ2v) is 6.47. The summed E-state index contributed by atoms with van der Waals surface area (Å²) in [6.45, 7) is 6.19. The Bertz CT molecular complexity index is 680. The van der Waals surface area contributed by atoms with Gasteiger partial charge in [0.1, 0.15) is 5.82 Å². The first kappa shape index (κ1) is 17.4. The molecule has 1 fully saturated rings. The van der Waals surface area contributed by atoms with E-state index in [4.69, 9.17) is 15.2 Å². The first-order chi connectivity index (χ1) is 12.1. The summed E-state index contributed by atoms with van der Waals surface area (Å²) in [5.74, 6) is 1.53. The van der Waals surface area contributed by atoms with Gasteiger partial charge in [-0.1, -0.05) is 6.07 Å². The number of hydrogen-bond acceptors (Lipinski definition) is 7. The maximum Gasteiger partial charge on any atom is 0.225 e. The van der Waals surface area contributed by atoms with Crippen LogP contribution in [0, 0.1) is 0 Å². The van der Waals surface area contributed by atoms with Crippen LogP contribution in [0.1, 0.15) is 32.3 Å². The molecule has 3 heterocycles. The zero-order valence-corrected chi connectivity index (χ0v) is 14.8. The van der Waals surface area contributed by atoms with Crippen molar-refractivity contribution < 1.29 is 9.47 Å². The lowest BCUT2D eigenvalue weighted by atomic mass is 10.1. The summed E-state index contributed by atoms with van der Waals surface area (Å²) in [5, 5.41) is 0. The number of aromatic nitrogens is 3. The Labute approximate surface area is 148 Å². The number of nitrogens with zero attached hydrogens (tertiary/aromatic N) is 4. The van der Waals surface area contributed by atoms with Gasteiger partial charge in [-0.2, -0.15) is 9.97 Å². The molecule has 0 radical (unpaired) electrons. The molecular formula is C18H25N5O2. The highest BCUT2D eigenvalue weighted by molar-refractivity contribution is 5.46. The first-order valence-corrected chi connectivity index (χ1v) is 8.67. The highest BCUT2D eigenvalue weighted by Crippen LogP contribution is 2.24. The molecule has 0 unspecified atom stereocenters. The van der Waals surface area contributed by atoms with Crippen LogP contribution < -0.4 is 15.4 Å². The van der Waals surface area contributed by atoms with E-state index in [0.29, 0.717) is 12.5 Å². The molecule has 1 saturated heterocycles. The van der Waals surface area contributed by atoms with Gasteiger partial charge in [0.05, 0.1) is 18.8 Å². The Morgan fingerprint density at radius 2 is 2.24 bits per heavy atom. The third-order valence-corrected chi connectivity index (χ3v) is 3.97. The largest absolute Gasteiger partial charge is 0.475 e. The highest BCUT2D eigenvalue weighted by Gasteiger charge is 2.22. The molecule has 1 aliphatic heterocycles. The zero-order chi connectivity index (χ0) is 17.6. The van der Waals surface area contributed by atoms with E-state index < -0.39 is 0 Å². The molecule has 0 aromatic carbocycles. The Balaban J connectivity index is 1.63. The van der Waals surface area contributed by atoms with Gasteiger partial charge in [-0.15, -0.1) is 0 Å². The number of hydrogen-bond donors (Lipinski definition) is 1. The molecule has 25 heavy (non-hydrogen) atoms. The lowest BCUT2D eigenvalue weighted by Crippen LogP contribution is -2.40. The molecule has 0 aliphatic carbocycles. The van der Waals surface area contributed by atoms with E-state index in [1.165, 1.54) is 0 Å². The number of ether oxygens (including phenoxy) is 2. The Hall–Kier alpha value is -2.41. The Morgan fingerprint density at radius 3 is 3.00 bits per heavy atom. The fourth-order valence-electron chi connectivity index (χ4n) is 2.87. The number of rotatable bonds is 6. The molecule has 2 N–H and O–H groups in total. The minimum atomic E-state index is 0.0408. The summed E-state index contributed by atoms with van der Waals surface area (Å²) in [7, 11) is 0. The molecule has 1 aliphatic rings. The van der Waals surface area contributed by atoms with Crippen LogP contribution in [0.5, 0.6) is 5.88 Å². The third-order valence-electron chi connectivity index (χ3n) is 3.97. The van der Waals surface area contributed by atoms with Crippen molar-refractivity contribution in [1.29, 1.82) is 0 Å². The van der Waals surface area contributed by atoms with Crippen LogP contribution >= 0.6 is 0 Å². The van der Waals surface area contributed by atoms with Crippen LogP contribution in [0.2, 0.25) is 0 Å². The van der Waals surface area contributed by atoms with Crippen molar-refractivity contribution in [1.82, 2.24) is 15.0 Å². The molecule has 134 valence electrons. The summed E-state index contributed by atoms with van der Waals surface area (Å²) >= 11 is 0. The van der Waals surface area contributed by atoms with Crippen molar-refractivity contribution in [3.63, 3.8) is 0 Å². The average Bonchev–Trinajstić information content (AvgIpc) is 2.60. The van der Waals surface area contributed by atoms with E-state index in [2.05, 4.69) is 19.9 Å². The number of anilines is 2. The topological polar surface area (TPSA) is 86.4 Å². The minimum Gasteiger partial charge on any atom is -0.475 e. The predicted octanol–water partition coefficient (Wildman–Crippen LogP) is 2.43. The van der Waals surface area contributed by atoms with Gasteiger partial charge >= 0.3 is 0 Å². The monoisotopic (exact) mass is 343 g/mol. The van der Waals surface area contributed by atoms with Crippen molar-refractivity contribution in [2.45, 2.75) is 45.5 Å². The molecule has 0 bridgehead atoms. The second-order valence-electron chi connectivity index (χ2n) is 6.47. The molecule has 7 heteroatoms. The molecular weight excluding hydrogens is 318 g/mol. The molecule has 3 rings (SSSR count). The fourth-order valence-corrected chi connectivity index (χ4v) is 2.87. The quantitative estimate of drug-likeness (QED) is 0.862. The molecule has 0 saturated carbocycles. The van der Waals surface area contributed by atoms with Crippen LogP contribution in [-0.4, -0.2) is 40.2 Å². The standard InChI is InChI=1S/C18H25N5O2/c1-13(2)25-17-9-16(21-18(19)22-17)23-8-4-6-15(11-23)24-12-14-5-3-7-20-10-14/h3,5,7,9-10,13,15H,4,6,8,11-12H2,1-2H3,(H2,19,21,22)/t15-/m0/s1. The van der Waals surface area contributed by atoms with Crippen molar-refractivity contribution >= 4 is 11.8 Å². The number of piperidine rings is 1. The predicted molar refractivity (Wildman–Crippen MR) is 96.5 cm³/mol. The lowest BCUT2D eigenvalue weighted by Gasteiger charge is -2.33. The van der Waals surface area contributed by atoms with Crippen LogP contribution in [0.15, 0.2) is 30.6 Å². The van der Waals surface area contributed by atoms with E-state index in [1.807, 2.05) is 38.2 Å².